The quantitative estimate of drug-likeness (QED) is 0.763. The molecule has 0 radical (unpaired) electrons. The van der Waals surface area contributed by atoms with E-state index in [2.05, 4.69) is 35.0 Å². The summed E-state index contributed by atoms with van der Waals surface area (Å²) < 4.78 is 10.5. The highest BCUT2D eigenvalue weighted by Crippen LogP contribution is 2.29. The molecule has 1 aromatic carbocycles. The van der Waals surface area contributed by atoms with Gasteiger partial charge in [-0.05, 0) is 30.0 Å². The van der Waals surface area contributed by atoms with Crippen LogP contribution in [0.2, 0.25) is 0 Å². The zero-order valence-corrected chi connectivity index (χ0v) is 11.0. The SMILES string of the molecule is COc1cc(OC)cc(C(C)CCBr)c1. The summed E-state index contributed by atoms with van der Waals surface area (Å²) in [5, 5.41) is 1.01. The molecule has 1 aromatic rings. The van der Waals surface area contributed by atoms with Gasteiger partial charge in [0.15, 0.2) is 0 Å². The highest BCUT2D eigenvalue weighted by molar-refractivity contribution is 9.09. The number of rotatable bonds is 5. The fourth-order valence-corrected chi connectivity index (χ4v) is 2.13. The lowest BCUT2D eigenvalue weighted by atomic mass is 9.98. The van der Waals surface area contributed by atoms with Crippen LogP contribution in [-0.2, 0) is 0 Å². The van der Waals surface area contributed by atoms with Crippen LogP contribution in [0.4, 0.5) is 0 Å². The molecule has 0 aliphatic rings. The van der Waals surface area contributed by atoms with Gasteiger partial charge in [-0.25, -0.2) is 0 Å². The second kappa shape index (κ2) is 6.01. The second-order valence-corrected chi connectivity index (χ2v) is 4.32. The summed E-state index contributed by atoms with van der Waals surface area (Å²) in [6.07, 6.45) is 1.11. The van der Waals surface area contributed by atoms with Crippen LogP contribution in [0.25, 0.3) is 0 Å². The average Bonchev–Trinajstić information content (AvgIpc) is 2.28. The smallest absolute Gasteiger partial charge is 0.122 e. The van der Waals surface area contributed by atoms with Crippen molar-refractivity contribution < 1.29 is 9.47 Å². The minimum absolute atomic E-state index is 0.508. The van der Waals surface area contributed by atoms with Gasteiger partial charge in [-0.15, -0.1) is 0 Å². The number of hydrogen-bond acceptors (Lipinski definition) is 2. The lowest BCUT2D eigenvalue weighted by Gasteiger charge is -2.13. The van der Waals surface area contributed by atoms with E-state index in [1.165, 1.54) is 5.56 Å². The number of benzene rings is 1. The normalized spacial score (nSPS) is 12.3. The molecule has 84 valence electrons. The molecule has 0 aliphatic carbocycles. The summed E-state index contributed by atoms with van der Waals surface area (Å²) in [6.45, 7) is 2.20. The van der Waals surface area contributed by atoms with Gasteiger partial charge in [0.1, 0.15) is 11.5 Å². The minimum Gasteiger partial charge on any atom is -0.497 e. The van der Waals surface area contributed by atoms with Gasteiger partial charge < -0.3 is 9.47 Å². The molecule has 3 heteroatoms. The molecule has 0 heterocycles. The fraction of sp³-hybridized carbons (Fsp3) is 0.500. The molecule has 0 aliphatic heterocycles. The first-order valence-corrected chi connectivity index (χ1v) is 6.12. The predicted molar refractivity (Wildman–Crippen MR) is 66.4 cm³/mol. The van der Waals surface area contributed by atoms with Crippen LogP contribution >= 0.6 is 15.9 Å². The molecule has 1 atom stereocenters. The number of hydrogen-bond donors (Lipinski definition) is 0. The third-order valence-electron chi connectivity index (χ3n) is 2.48. The van der Waals surface area contributed by atoms with Crippen molar-refractivity contribution in [2.24, 2.45) is 0 Å². The van der Waals surface area contributed by atoms with E-state index in [0.29, 0.717) is 5.92 Å². The van der Waals surface area contributed by atoms with Crippen LogP contribution in [0.15, 0.2) is 18.2 Å². The molecular weight excluding hydrogens is 256 g/mol. The molecule has 0 fully saturated rings. The van der Waals surface area contributed by atoms with E-state index in [0.717, 1.165) is 23.2 Å². The van der Waals surface area contributed by atoms with Gasteiger partial charge in [0.05, 0.1) is 14.2 Å². The minimum atomic E-state index is 0.508. The van der Waals surface area contributed by atoms with Crippen LogP contribution in [0.5, 0.6) is 11.5 Å². The molecule has 1 rings (SSSR count). The maximum atomic E-state index is 5.23. The van der Waals surface area contributed by atoms with Crippen molar-refractivity contribution in [1.29, 1.82) is 0 Å². The first kappa shape index (κ1) is 12.4. The lowest BCUT2D eigenvalue weighted by molar-refractivity contribution is 0.392. The van der Waals surface area contributed by atoms with Crippen LogP contribution < -0.4 is 9.47 Å². The van der Waals surface area contributed by atoms with E-state index in [1.807, 2.05) is 6.07 Å². The van der Waals surface area contributed by atoms with Crippen molar-refractivity contribution in [1.82, 2.24) is 0 Å². The van der Waals surface area contributed by atoms with E-state index < -0.39 is 0 Å². The number of halogens is 1. The van der Waals surface area contributed by atoms with Gasteiger partial charge in [0.2, 0.25) is 0 Å². The summed E-state index contributed by atoms with van der Waals surface area (Å²) in [4.78, 5) is 0. The topological polar surface area (TPSA) is 18.5 Å². The molecule has 15 heavy (non-hydrogen) atoms. The van der Waals surface area contributed by atoms with Gasteiger partial charge in [-0.1, -0.05) is 22.9 Å². The Kier molecular flexibility index (Phi) is 4.95. The number of methoxy groups -OCH3 is 2. The predicted octanol–water partition coefficient (Wildman–Crippen LogP) is 3.59. The Morgan fingerprint density at radius 3 is 2.07 bits per heavy atom. The maximum absolute atomic E-state index is 5.23. The van der Waals surface area contributed by atoms with E-state index in [4.69, 9.17) is 9.47 Å². The van der Waals surface area contributed by atoms with Crippen LogP contribution in [0.3, 0.4) is 0 Å². The Labute approximate surface area is 99.7 Å². The lowest BCUT2D eigenvalue weighted by Crippen LogP contribution is -1.96. The Morgan fingerprint density at radius 1 is 1.13 bits per heavy atom. The molecule has 1 unspecified atom stereocenters. The van der Waals surface area contributed by atoms with Crippen molar-refractivity contribution in [2.45, 2.75) is 19.3 Å². The van der Waals surface area contributed by atoms with Gasteiger partial charge in [-0.2, -0.15) is 0 Å². The van der Waals surface area contributed by atoms with Gasteiger partial charge in [0, 0.05) is 11.4 Å². The zero-order valence-electron chi connectivity index (χ0n) is 9.42. The Morgan fingerprint density at radius 2 is 1.67 bits per heavy atom. The van der Waals surface area contributed by atoms with Crippen molar-refractivity contribution in [3.8, 4) is 11.5 Å². The summed E-state index contributed by atoms with van der Waals surface area (Å²) >= 11 is 3.46. The zero-order chi connectivity index (χ0) is 11.3. The summed E-state index contributed by atoms with van der Waals surface area (Å²) in [5.41, 5.74) is 1.26. The van der Waals surface area contributed by atoms with Crippen molar-refractivity contribution >= 4 is 15.9 Å². The van der Waals surface area contributed by atoms with Crippen LogP contribution in [0.1, 0.15) is 24.8 Å². The van der Waals surface area contributed by atoms with Crippen molar-refractivity contribution in [3.05, 3.63) is 23.8 Å². The second-order valence-electron chi connectivity index (χ2n) is 3.52. The largest absolute Gasteiger partial charge is 0.497 e. The Balaban J connectivity index is 2.95. The van der Waals surface area contributed by atoms with E-state index >= 15 is 0 Å². The molecule has 0 spiro atoms. The standard InChI is InChI=1S/C12H17BrO2/c1-9(4-5-13)10-6-11(14-2)8-12(7-10)15-3/h6-9H,4-5H2,1-3H3. The summed E-state index contributed by atoms with van der Waals surface area (Å²) in [7, 11) is 3.35. The third kappa shape index (κ3) is 3.42. The highest BCUT2D eigenvalue weighted by Gasteiger charge is 2.08. The van der Waals surface area contributed by atoms with Gasteiger partial charge in [-0.3, -0.25) is 0 Å². The van der Waals surface area contributed by atoms with E-state index in [9.17, 15) is 0 Å². The third-order valence-corrected chi connectivity index (χ3v) is 2.94. The van der Waals surface area contributed by atoms with Gasteiger partial charge in [0.25, 0.3) is 0 Å². The van der Waals surface area contributed by atoms with Crippen LogP contribution in [0, 0.1) is 0 Å². The molecule has 0 bridgehead atoms. The molecular formula is C12H17BrO2. The van der Waals surface area contributed by atoms with E-state index in [-0.39, 0.29) is 0 Å². The molecule has 0 aromatic heterocycles. The molecule has 0 saturated heterocycles. The highest BCUT2D eigenvalue weighted by atomic mass is 79.9. The monoisotopic (exact) mass is 272 g/mol. The summed E-state index contributed by atoms with van der Waals surface area (Å²) in [5.74, 6) is 2.21. The molecule has 2 nitrogen and oxygen atoms in total. The van der Waals surface area contributed by atoms with Crippen molar-refractivity contribution in [2.75, 3.05) is 19.5 Å². The fourth-order valence-electron chi connectivity index (χ4n) is 1.44. The summed E-state index contributed by atoms with van der Waals surface area (Å²) in [6, 6.07) is 6.02. The molecule has 0 saturated carbocycles. The average molecular weight is 273 g/mol. The Hall–Kier alpha value is -0.700. The van der Waals surface area contributed by atoms with Gasteiger partial charge >= 0.3 is 0 Å². The molecule has 0 amide bonds. The maximum Gasteiger partial charge on any atom is 0.122 e. The van der Waals surface area contributed by atoms with E-state index in [1.54, 1.807) is 14.2 Å². The Bertz CT molecular complexity index is 290. The first-order valence-electron chi connectivity index (χ1n) is 5.00. The number of ether oxygens (including phenoxy) is 2. The van der Waals surface area contributed by atoms with Crippen LogP contribution in [-0.4, -0.2) is 19.5 Å². The number of alkyl halides is 1. The molecule has 0 N–H and O–H groups in total. The first-order chi connectivity index (χ1) is 7.21. The van der Waals surface area contributed by atoms with Crippen molar-refractivity contribution in [3.63, 3.8) is 0 Å².